The van der Waals surface area contributed by atoms with Crippen LogP contribution >= 0.6 is 15.6 Å². The summed E-state index contributed by atoms with van der Waals surface area (Å²) in [6.45, 7) is 4.67. The van der Waals surface area contributed by atoms with Gasteiger partial charge in [0, 0.05) is 25.7 Å². The summed E-state index contributed by atoms with van der Waals surface area (Å²) in [5.41, 5.74) is 0. The van der Waals surface area contributed by atoms with E-state index in [0.717, 1.165) is 186 Å². The normalized spacial score (nSPS) is 14.4. The molecule has 3 N–H and O–H groups in total. The van der Waals surface area contributed by atoms with Crippen LogP contribution in [0.15, 0.2) is 97.2 Å². The Bertz CT molecular complexity index is 2310. The Morgan fingerprint density at radius 1 is 0.284 bits per heavy atom. The molecule has 0 aromatic carbocycles. The number of carbonyl (C=O) groups is 4. The zero-order valence-corrected chi connectivity index (χ0v) is 66.3. The number of unbranched alkanes of at least 4 members (excludes halogenated alkanes) is 34. The minimum Gasteiger partial charge on any atom is -0.462 e. The molecule has 0 heterocycles. The Hall–Kier alpha value is -4.02. The fourth-order valence-electron chi connectivity index (χ4n) is 10.9. The molecule has 0 aliphatic heterocycles. The standard InChI is InChI=1S/C83H146O17P2/c1-5-9-13-17-21-25-29-33-36-37-38-39-42-45-48-52-56-60-64-68-81(86)94-73-78(99-82(87)69-65-61-57-53-49-43-32-28-24-20-16-12-8-4)75-97-101(89,90)95-71-77(84)72-96-102(91,92)98-76-79(100-83(88)70-66-62-58-54-50-46-41-35-31-27-23-19-15-11-7-3)74-93-80(85)67-63-59-55-51-47-44-40-34-30-26-22-18-14-10-6-2/h10,14,16,20-22,25-26,28,32-34,36,38-40,77-79,84H,5-9,11-13,15,17-19,23-24,27,29-31,35,37,41-76H2,1-4H3,(H,89,90)(H,91,92)/b14-10-,20-16-,25-21-,26-22-,32-28-,36-33-,39-38-,40-34-. The van der Waals surface area contributed by atoms with E-state index in [4.69, 9.17) is 37.0 Å². The first-order chi connectivity index (χ1) is 49.7. The van der Waals surface area contributed by atoms with E-state index in [1.807, 2.05) is 0 Å². The number of phosphoric ester groups is 2. The predicted molar refractivity (Wildman–Crippen MR) is 418 cm³/mol. The highest BCUT2D eigenvalue weighted by molar-refractivity contribution is 7.47. The number of allylic oxidation sites excluding steroid dienone is 16. The smallest absolute Gasteiger partial charge is 0.462 e. The first kappa shape index (κ1) is 98.0. The van der Waals surface area contributed by atoms with E-state index < -0.39 is 97.5 Å². The number of aliphatic hydroxyl groups is 1. The van der Waals surface area contributed by atoms with Crippen molar-refractivity contribution < 1.29 is 80.2 Å². The highest BCUT2D eigenvalue weighted by atomic mass is 31.2. The van der Waals surface area contributed by atoms with Gasteiger partial charge in [-0.3, -0.25) is 37.3 Å². The maximum absolute atomic E-state index is 13.1. The third-order valence-corrected chi connectivity index (χ3v) is 18.9. The molecule has 590 valence electrons. The van der Waals surface area contributed by atoms with Gasteiger partial charge in [-0.1, -0.05) is 298 Å². The largest absolute Gasteiger partial charge is 0.472 e. The predicted octanol–water partition coefficient (Wildman–Crippen LogP) is 23.6. The van der Waals surface area contributed by atoms with Gasteiger partial charge in [0.25, 0.3) is 0 Å². The zero-order chi connectivity index (χ0) is 74.6. The minimum absolute atomic E-state index is 0.0759. The van der Waals surface area contributed by atoms with E-state index in [1.165, 1.54) is 83.5 Å². The monoisotopic (exact) mass is 1480 g/mol. The first-order valence-corrected chi connectivity index (χ1v) is 43.5. The van der Waals surface area contributed by atoms with Gasteiger partial charge in [0.2, 0.25) is 0 Å². The third kappa shape index (κ3) is 74.3. The summed E-state index contributed by atoms with van der Waals surface area (Å²) in [4.78, 5) is 73.0. The number of hydrogen-bond donors (Lipinski definition) is 3. The van der Waals surface area contributed by atoms with Crippen molar-refractivity contribution in [3.8, 4) is 0 Å². The molecular formula is C83H146O17P2. The van der Waals surface area contributed by atoms with Crippen molar-refractivity contribution in [3.05, 3.63) is 97.2 Å². The molecule has 5 atom stereocenters. The summed E-state index contributed by atoms with van der Waals surface area (Å²) in [6.07, 6.45) is 79.5. The lowest BCUT2D eigenvalue weighted by atomic mass is 10.0. The molecule has 0 saturated heterocycles. The van der Waals surface area contributed by atoms with Gasteiger partial charge < -0.3 is 33.8 Å². The summed E-state index contributed by atoms with van der Waals surface area (Å²) in [5, 5.41) is 10.6. The second kappa shape index (κ2) is 75.2. The van der Waals surface area contributed by atoms with E-state index in [9.17, 15) is 43.2 Å². The molecule has 0 aromatic heterocycles. The number of aliphatic hydroxyl groups excluding tert-OH is 1. The summed E-state index contributed by atoms with van der Waals surface area (Å²) in [5.74, 6) is -2.20. The lowest BCUT2D eigenvalue weighted by Gasteiger charge is -2.21. The molecule has 5 unspecified atom stereocenters. The third-order valence-electron chi connectivity index (χ3n) is 17.0. The van der Waals surface area contributed by atoms with E-state index in [0.29, 0.717) is 25.7 Å². The Balaban J connectivity index is 5.35. The molecule has 0 saturated carbocycles. The molecule has 0 aromatic rings. The lowest BCUT2D eigenvalue weighted by molar-refractivity contribution is -0.161. The molecule has 0 amide bonds. The molecule has 0 radical (unpaired) electrons. The molecule has 0 aliphatic carbocycles. The topological polar surface area (TPSA) is 237 Å². The molecular weight excluding hydrogens is 1330 g/mol. The average Bonchev–Trinajstić information content (AvgIpc) is 0.919. The van der Waals surface area contributed by atoms with Crippen LogP contribution in [0.4, 0.5) is 0 Å². The number of rotatable bonds is 76. The van der Waals surface area contributed by atoms with Crippen molar-refractivity contribution in [2.75, 3.05) is 39.6 Å². The average molecular weight is 1480 g/mol. The number of hydrogen-bond acceptors (Lipinski definition) is 15. The molecule has 19 heteroatoms. The van der Waals surface area contributed by atoms with Crippen LogP contribution in [0.2, 0.25) is 0 Å². The van der Waals surface area contributed by atoms with Gasteiger partial charge in [0.05, 0.1) is 26.4 Å². The molecule has 0 aliphatic rings. The van der Waals surface area contributed by atoms with Crippen molar-refractivity contribution in [3.63, 3.8) is 0 Å². The number of phosphoric acid groups is 2. The second-order valence-corrected chi connectivity index (χ2v) is 29.9. The highest BCUT2D eigenvalue weighted by Crippen LogP contribution is 2.45. The van der Waals surface area contributed by atoms with Crippen LogP contribution in [0, 0.1) is 0 Å². The summed E-state index contributed by atoms with van der Waals surface area (Å²) in [6, 6.07) is 0. The van der Waals surface area contributed by atoms with Gasteiger partial charge in [0.1, 0.15) is 19.3 Å². The molecule has 17 nitrogen and oxygen atoms in total. The number of ether oxygens (including phenoxy) is 4. The lowest BCUT2D eigenvalue weighted by Crippen LogP contribution is -2.30. The van der Waals surface area contributed by atoms with Crippen LogP contribution in [-0.4, -0.2) is 96.7 Å². The zero-order valence-electron chi connectivity index (χ0n) is 64.5. The minimum atomic E-state index is -4.98. The molecule has 0 spiro atoms. The second-order valence-electron chi connectivity index (χ2n) is 27.0. The molecule has 0 rings (SSSR count). The highest BCUT2D eigenvalue weighted by Gasteiger charge is 2.30. The number of carbonyl (C=O) groups excluding carboxylic acids is 4. The SMILES string of the molecule is CC/C=C\C/C=C\C/C=C\CCCCCCCC(=O)OCC(COP(=O)(O)OCC(O)COP(=O)(O)OCC(COC(=O)CCCCCCCC/C=C\C/C=C\C/C=C\CCCCC)OC(=O)CCCCCCC/C=C\C/C=C\CCC)OC(=O)CCCCCCCCCCCCCCCCC. The molecule has 0 fully saturated rings. The van der Waals surface area contributed by atoms with Gasteiger partial charge in [-0.05, 0) is 122 Å². The molecule has 102 heavy (non-hydrogen) atoms. The number of esters is 4. The Labute approximate surface area is 620 Å². The van der Waals surface area contributed by atoms with Gasteiger partial charge >= 0.3 is 39.5 Å². The van der Waals surface area contributed by atoms with Crippen LogP contribution in [0.3, 0.4) is 0 Å². The maximum Gasteiger partial charge on any atom is 0.472 e. The van der Waals surface area contributed by atoms with Crippen molar-refractivity contribution in [2.45, 2.75) is 367 Å². The Morgan fingerprint density at radius 2 is 0.529 bits per heavy atom. The maximum atomic E-state index is 13.1. The van der Waals surface area contributed by atoms with E-state index in [1.54, 1.807) is 0 Å². The van der Waals surface area contributed by atoms with Crippen molar-refractivity contribution in [1.29, 1.82) is 0 Å². The fourth-order valence-corrected chi connectivity index (χ4v) is 12.4. The Kier molecular flexibility index (Phi) is 72.3. The van der Waals surface area contributed by atoms with Gasteiger partial charge in [-0.2, -0.15) is 0 Å². The van der Waals surface area contributed by atoms with Gasteiger partial charge in [-0.25, -0.2) is 9.13 Å². The van der Waals surface area contributed by atoms with Crippen LogP contribution in [0.1, 0.15) is 349 Å². The Morgan fingerprint density at radius 3 is 0.843 bits per heavy atom. The first-order valence-electron chi connectivity index (χ1n) is 40.5. The quantitative estimate of drug-likeness (QED) is 0.0169. The van der Waals surface area contributed by atoms with E-state index >= 15 is 0 Å². The van der Waals surface area contributed by atoms with Crippen LogP contribution < -0.4 is 0 Å². The summed E-state index contributed by atoms with van der Waals surface area (Å²) in [7, 11) is -9.96. The van der Waals surface area contributed by atoms with Gasteiger partial charge in [0.15, 0.2) is 12.2 Å². The van der Waals surface area contributed by atoms with E-state index in [2.05, 4.69) is 125 Å². The van der Waals surface area contributed by atoms with Crippen LogP contribution in [-0.2, 0) is 65.4 Å². The molecule has 0 bridgehead atoms. The van der Waals surface area contributed by atoms with Crippen molar-refractivity contribution in [1.82, 2.24) is 0 Å². The van der Waals surface area contributed by atoms with Crippen molar-refractivity contribution in [2.24, 2.45) is 0 Å². The van der Waals surface area contributed by atoms with Gasteiger partial charge in [-0.15, -0.1) is 0 Å². The summed E-state index contributed by atoms with van der Waals surface area (Å²) >= 11 is 0. The van der Waals surface area contributed by atoms with Crippen molar-refractivity contribution >= 4 is 39.5 Å². The fraction of sp³-hybridized carbons (Fsp3) is 0.759. The van der Waals surface area contributed by atoms with E-state index in [-0.39, 0.29) is 25.7 Å². The van der Waals surface area contributed by atoms with Crippen LogP contribution in [0.5, 0.6) is 0 Å². The summed E-state index contributed by atoms with van der Waals surface area (Å²) < 4.78 is 68.6. The van der Waals surface area contributed by atoms with Crippen LogP contribution in [0.25, 0.3) is 0 Å².